The van der Waals surface area contributed by atoms with Crippen LogP contribution >= 0.6 is 11.8 Å². The second-order valence-corrected chi connectivity index (χ2v) is 9.22. The number of benzene rings is 2. The monoisotopic (exact) mass is 442 g/mol. The SMILES string of the molecule is COc1ccc(S(=O)(=O)Cc2ccc(-c3nc(-c4ccc(SC)cc4)no3)o2)cc1. The van der Waals surface area contributed by atoms with Gasteiger partial charge in [0.2, 0.25) is 5.82 Å². The van der Waals surface area contributed by atoms with Crippen LogP contribution in [0.3, 0.4) is 0 Å². The Morgan fingerprint density at radius 2 is 1.73 bits per heavy atom. The van der Waals surface area contributed by atoms with Gasteiger partial charge in [-0.3, -0.25) is 0 Å². The first-order valence-electron chi connectivity index (χ1n) is 8.92. The molecule has 0 radical (unpaired) electrons. The molecule has 0 bridgehead atoms. The van der Waals surface area contributed by atoms with Crippen molar-refractivity contribution in [1.82, 2.24) is 10.1 Å². The summed E-state index contributed by atoms with van der Waals surface area (Å²) in [5, 5.41) is 3.98. The van der Waals surface area contributed by atoms with Crippen molar-refractivity contribution in [2.24, 2.45) is 0 Å². The van der Waals surface area contributed by atoms with E-state index in [4.69, 9.17) is 13.7 Å². The second-order valence-electron chi connectivity index (χ2n) is 6.35. The molecular formula is C21H18N2O5S2. The second kappa shape index (κ2) is 8.37. The molecule has 2 aromatic carbocycles. The highest BCUT2D eigenvalue weighted by molar-refractivity contribution is 7.98. The van der Waals surface area contributed by atoms with Crippen molar-refractivity contribution in [3.05, 3.63) is 66.4 Å². The van der Waals surface area contributed by atoms with Gasteiger partial charge in [0, 0.05) is 10.5 Å². The lowest BCUT2D eigenvalue weighted by atomic mass is 10.2. The van der Waals surface area contributed by atoms with E-state index in [-0.39, 0.29) is 22.3 Å². The molecule has 0 unspecified atom stereocenters. The summed E-state index contributed by atoms with van der Waals surface area (Å²) in [4.78, 5) is 5.68. The fraction of sp³-hybridized carbons (Fsp3) is 0.143. The van der Waals surface area contributed by atoms with E-state index < -0.39 is 9.84 Å². The normalized spacial score (nSPS) is 11.5. The highest BCUT2D eigenvalue weighted by Gasteiger charge is 2.20. The number of methoxy groups -OCH3 is 1. The third kappa shape index (κ3) is 4.27. The number of thioether (sulfide) groups is 1. The average Bonchev–Trinajstić information content (AvgIpc) is 3.43. The van der Waals surface area contributed by atoms with Gasteiger partial charge in [-0.05, 0) is 66.9 Å². The molecule has 0 aliphatic rings. The van der Waals surface area contributed by atoms with Crippen LogP contribution in [-0.2, 0) is 15.6 Å². The maximum atomic E-state index is 12.6. The number of hydrogen-bond acceptors (Lipinski definition) is 8. The Labute approximate surface area is 178 Å². The largest absolute Gasteiger partial charge is 0.497 e. The van der Waals surface area contributed by atoms with Crippen LogP contribution < -0.4 is 4.74 Å². The Morgan fingerprint density at radius 3 is 2.40 bits per heavy atom. The smallest absolute Gasteiger partial charge is 0.293 e. The number of aromatic nitrogens is 2. The van der Waals surface area contributed by atoms with E-state index in [0.29, 0.717) is 17.3 Å². The third-order valence-corrected chi connectivity index (χ3v) is 6.80. The van der Waals surface area contributed by atoms with E-state index in [2.05, 4.69) is 10.1 Å². The van der Waals surface area contributed by atoms with E-state index >= 15 is 0 Å². The van der Waals surface area contributed by atoms with Crippen molar-refractivity contribution in [3.63, 3.8) is 0 Å². The van der Waals surface area contributed by atoms with Crippen molar-refractivity contribution in [2.75, 3.05) is 13.4 Å². The first-order chi connectivity index (χ1) is 14.5. The van der Waals surface area contributed by atoms with Crippen LogP contribution in [-0.4, -0.2) is 31.9 Å². The summed E-state index contributed by atoms with van der Waals surface area (Å²) < 4.78 is 41.3. The summed E-state index contributed by atoms with van der Waals surface area (Å²) in [7, 11) is -2.05. The standard InChI is InChI=1S/C21H18N2O5S2/c1-26-15-5-10-18(11-6-15)30(24,25)13-16-7-12-19(27-16)21-22-20(23-28-21)14-3-8-17(29-2)9-4-14/h3-12H,13H2,1-2H3. The van der Waals surface area contributed by atoms with Gasteiger partial charge >= 0.3 is 0 Å². The summed E-state index contributed by atoms with van der Waals surface area (Å²) in [6.45, 7) is 0. The number of ether oxygens (including phenoxy) is 1. The molecular weight excluding hydrogens is 424 g/mol. The Kier molecular flexibility index (Phi) is 5.65. The lowest BCUT2D eigenvalue weighted by Crippen LogP contribution is -2.04. The van der Waals surface area contributed by atoms with Crippen molar-refractivity contribution in [1.29, 1.82) is 0 Å². The molecule has 9 heteroatoms. The minimum absolute atomic E-state index is 0.187. The lowest BCUT2D eigenvalue weighted by Gasteiger charge is -2.04. The summed E-state index contributed by atoms with van der Waals surface area (Å²) in [6, 6.07) is 17.2. The fourth-order valence-corrected chi connectivity index (χ4v) is 4.46. The summed E-state index contributed by atoms with van der Waals surface area (Å²) in [5.74, 6) is 1.52. The van der Waals surface area contributed by atoms with E-state index in [9.17, 15) is 8.42 Å². The topological polar surface area (TPSA) is 95.4 Å². The Bertz CT molecular complexity index is 1240. The zero-order valence-corrected chi connectivity index (χ0v) is 17.9. The molecule has 0 N–H and O–H groups in total. The van der Waals surface area contributed by atoms with Gasteiger partial charge in [-0.15, -0.1) is 11.8 Å². The summed E-state index contributed by atoms with van der Waals surface area (Å²) >= 11 is 1.65. The van der Waals surface area contributed by atoms with Gasteiger partial charge in [-0.25, -0.2) is 8.42 Å². The number of sulfone groups is 1. The van der Waals surface area contributed by atoms with Crippen molar-refractivity contribution < 1.29 is 22.1 Å². The molecule has 30 heavy (non-hydrogen) atoms. The van der Waals surface area contributed by atoms with Gasteiger partial charge in [0.1, 0.15) is 17.3 Å². The van der Waals surface area contributed by atoms with Gasteiger partial charge in [0.25, 0.3) is 5.89 Å². The highest BCUT2D eigenvalue weighted by atomic mass is 32.2. The molecule has 2 aromatic heterocycles. The fourth-order valence-electron chi connectivity index (χ4n) is 2.81. The molecule has 4 rings (SSSR count). The first-order valence-corrected chi connectivity index (χ1v) is 11.8. The molecule has 0 saturated heterocycles. The predicted molar refractivity (Wildman–Crippen MR) is 113 cm³/mol. The summed E-state index contributed by atoms with van der Waals surface area (Å²) in [6.07, 6.45) is 2.00. The van der Waals surface area contributed by atoms with Crippen molar-refractivity contribution >= 4 is 21.6 Å². The van der Waals surface area contributed by atoms with Crippen LogP contribution in [0, 0.1) is 0 Å². The maximum absolute atomic E-state index is 12.6. The molecule has 7 nitrogen and oxygen atoms in total. The molecule has 0 fully saturated rings. The van der Waals surface area contributed by atoms with Crippen molar-refractivity contribution in [3.8, 4) is 28.8 Å². The number of rotatable bonds is 7. The molecule has 154 valence electrons. The zero-order valence-electron chi connectivity index (χ0n) is 16.2. The molecule has 0 saturated carbocycles. The van der Waals surface area contributed by atoms with Crippen LogP contribution in [0.2, 0.25) is 0 Å². The highest BCUT2D eigenvalue weighted by Crippen LogP contribution is 2.27. The van der Waals surface area contributed by atoms with E-state index in [0.717, 1.165) is 10.5 Å². The van der Waals surface area contributed by atoms with Gasteiger partial charge in [-0.2, -0.15) is 4.98 Å². The summed E-state index contributed by atoms with van der Waals surface area (Å²) in [5.41, 5.74) is 0.816. The Hall–Kier alpha value is -3.04. The molecule has 0 atom stereocenters. The minimum Gasteiger partial charge on any atom is -0.497 e. The average molecular weight is 443 g/mol. The number of hydrogen-bond donors (Lipinski definition) is 0. The molecule has 0 spiro atoms. The molecule has 0 amide bonds. The van der Waals surface area contributed by atoms with Crippen LogP contribution in [0.5, 0.6) is 5.75 Å². The van der Waals surface area contributed by atoms with Gasteiger partial charge in [0.05, 0.1) is 12.0 Å². The van der Waals surface area contributed by atoms with Gasteiger partial charge in [-0.1, -0.05) is 5.16 Å². The van der Waals surface area contributed by atoms with Crippen LogP contribution in [0.1, 0.15) is 5.76 Å². The zero-order chi connectivity index (χ0) is 21.1. The first kappa shape index (κ1) is 20.2. The van der Waals surface area contributed by atoms with E-state index in [1.807, 2.05) is 30.5 Å². The number of nitrogens with zero attached hydrogens (tertiary/aromatic N) is 2. The quantitative estimate of drug-likeness (QED) is 0.380. The van der Waals surface area contributed by atoms with E-state index in [1.54, 1.807) is 36.0 Å². The van der Waals surface area contributed by atoms with Crippen LogP contribution in [0.15, 0.2) is 79.4 Å². The van der Waals surface area contributed by atoms with Gasteiger partial charge in [0.15, 0.2) is 15.6 Å². The predicted octanol–water partition coefficient (Wildman–Crippen LogP) is 4.70. The maximum Gasteiger partial charge on any atom is 0.293 e. The van der Waals surface area contributed by atoms with Crippen LogP contribution in [0.4, 0.5) is 0 Å². The van der Waals surface area contributed by atoms with Crippen LogP contribution in [0.25, 0.3) is 23.0 Å². The number of furan rings is 1. The lowest BCUT2D eigenvalue weighted by molar-refractivity contribution is 0.413. The molecule has 2 heterocycles. The Morgan fingerprint density at radius 1 is 1.00 bits per heavy atom. The Balaban J connectivity index is 1.52. The van der Waals surface area contributed by atoms with Gasteiger partial charge < -0.3 is 13.7 Å². The van der Waals surface area contributed by atoms with Crippen molar-refractivity contribution in [2.45, 2.75) is 15.5 Å². The minimum atomic E-state index is -3.57. The molecule has 0 aliphatic carbocycles. The molecule has 0 aliphatic heterocycles. The molecule has 4 aromatic rings. The third-order valence-electron chi connectivity index (χ3n) is 4.40. The van der Waals surface area contributed by atoms with E-state index in [1.165, 1.54) is 19.2 Å².